The summed E-state index contributed by atoms with van der Waals surface area (Å²) in [6.45, 7) is 4.56. The summed E-state index contributed by atoms with van der Waals surface area (Å²) in [7, 11) is 0. The van der Waals surface area contributed by atoms with Crippen molar-refractivity contribution in [3.8, 4) is 0 Å². The monoisotopic (exact) mass is 262 g/mol. The Morgan fingerprint density at radius 1 is 1.42 bits per heavy atom. The Morgan fingerprint density at radius 3 is 2.74 bits per heavy atom. The number of nitrogens with two attached hydrogens (primary N) is 1. The van der Waals surface area contributed by atoms with Gasteiger partial charge in [0, 0.05) is 18.4 Å². The van der Waals surface area contributed by atoms with Gasteiger partial charge in [0.2, 0.25) is 0 Å². The molecule has 1 amide bonds. The number of carbonyl (C=O) groups excluding carboxylic acids is 1. The van der Waals surface area contributed by atoms with Gasteiger partial charge in [-0.05, 0) is 37.2 Å². The van der Waals surface area contributed by atoms with E-state index in [0.29, 0.717) is 16.7 Å². The molecule has 1 aromatic heterocycles. The van der Waals surface area contributed by atoms with Gasteiger partial charge in [0.15, 0.2) is 0 Å². The standard InChI is InChI=1S/C14H22N4O/c1-14(2)6-3-10(4-7-14)17-13(19)11-9-16-8-5-12(11)18-15/h5,8-10H,3-4,6-7,15H2,1-2H3,(H,16,18)(H,17,19). The van der Waals surface area contributed by atoms with Crippen molar-refractivity contribution in [2.24, 2.45) is 11.3 Å². The summed E-state index contributed by atoms with van der Waals surface area (Å²) in [5, 5.41) is 3.07. The van der Waals surface area contributed by atoms with Crippen LogP contribution in [-0.4, -0.2) is 16.9 Å². The lowest BCUT2D eigenvalue weighted by Gasteiger charge is -2.34. The Labute approximate surface area is 114 Å². The number of pyridine rings is 1. The lowest BCUT2D eigenvalue weighted by atomic mass is 9.75. The SMILES string of the molecule is CC1(C)CCC(NC(=O)c2cnccc2NN)CC1. The fourth-order valence-electron chi connectivity index (χ4n) is 2.51. The predicted octanol–water partition coefficient (Wildman–Crippen LogP) is 2.07. The number of carbonyl (C=O) groups is 1. The number of hydrazine groups is 1. The third kappa shape index (κ3) is 3.44. The van der Waals surface area contributed by atoms with Crippen molar-refractivity contribution in [2.75, 3.05) is 5.43 Å². The van der Waals surface area contributed by atoms with Gasteiger partial charge in [0.25, 0.3) is 5.91 Å². The minimum absolute atomic E-state index is 0.106. The Bertz CT molecular complexity index is 449. The van der Waals surface area contributed by atoms with Crippen molar-refractivity contribution in [2.45, 2.75) is 45.6 Å². The van der Waals surface area contributed by atoms with Crippen LogP contribution >= 0.6 is 0 Å². The highest BCUT2D eigenvalue weighted by Gasteiger charge is 2.28. The molecule has 1 fully saturated rings. The molecular weight excluding hydrogens is 240 g/mol. The maximum atomic E-state index is 12.2. The largest absolute Gasteiger partial charge is 0.349 e. The van der Waals surface area contributed by atoms with E-state index in [9.17, 15) is 4.79 Å². The molecule has 5 heteroatoms. The van der Waals surface area contributed by atoms with Gasteiger partial charge >= 0.3 is 0 Å². The Morgan fingerprint density at radius 2 is 2.11 bits per heavy atom. The molecule has 1 saturated carbocycles. The Hall–Kier alpha value is -1.62. The molecule has 0 saturated heterocycles. The van der Waals surface area contributed by atoms with E-state index in [1.54, 1.807) is 12.3 Å². The quantitative estimate of drug-likeness (QED) is 0.575. The number of hydrogen-bond donors (Lipinski definition) is 3. The van der Waals surface area contributed by atoms with Crippen molar-refractivity contribution in [3.63, 3.8) is 0 Å². The minimum atomic E-state index is -0.106. The summed E-state index contributed by atoms with van der Waals surface area (Å²) >= 11 is 0. The second-order valence-electron chi connectivity index (χ2n) is 5.98. The van der Waals surface area contributed by atoms with Crippen LogP contribution < -0.4 is 16.6 Å². The van der Waals surface area contributed by atoms with E-state index in [1.807, 2.05) is 0 Å². The van der Waals surface area contributed by atoms with Gasteiger partial charge in [-0.3, -0.25) is 15.6 Å². The van der Waals surface area contributed by atoms with Gasteiger partial charge < -0.3 is 10.7 Å². The molecule has 1 aromatic rings. The first-order chi connectivity index (χ1) is 9.02. The van der Waals surface area contributed by atoms with Crippen LogP contribution in [0.2, 0.25) is 0 Å². The first-order valence-electron chi connectivity index (χ1n) is 6.73. The third-order valence-electron chi connectivity index (χ3n) is 3.90. The molecule has 1 aliphatic carbocycles. The van der Waals surface area contributed by atoms with Crippen LogP contribution in [0.4, 0.5) is 5.69 Å². The maximum Gasteiger partial charge on any atom is 0.255 e. The fraction of sp³-hybridized carbons (Fsp3) is 0.571. The lowest BCUT2D eigenvalue weighted by Crippen LogP contribution is -2.39. The van der Waals surface area contributed by atoms with Crippen molar-refractivity contribution in [1.29, 1.82) is 0 Å². The van der Waals surface area contributed by atoms with Crippen LogP contribution in [0.25, 0.3) is 0 Å². The van der Waals surface area contributed by atoms with Gasteiger partial charge in [-0.2, -0.15) is 0 Å². The average molecular weight is 262 g/mol. The van der Waals surface area contributed by atoms with E-state index >= 15 is 0 Å². The van der Waals surface area contributed by atoms with Crippen LogP contribution in [0.1, 0.15) is 49.9 Å². The first-order valence-corrected chi connectivity index (χ1v) is 6.73. The molecule has 0 unspecified atom stereocenters. The zero-order chi connectivity index (χ0) is 13.9. The summed E-state index contributed by atoms with van der Waals surface area (Å²) in [5.74, 6) is 5.29. The molecule has 1 aliphatic rings. The smallest absolute Gasteiger partial charge is 0.255 e. The van der Waals surface area contributed by atoms with E-state index in [-0.39, 0.29) is 11.9 Å². The van der Waals surface area contributed by atoms with Gasteiger partial charge in [0.1, 0.15) is 0 Å². The molecule has 0 spiro atoms. The zero-order valence-electron chi connectivity index (χ0n) is 11.6. The summed E-state index contributed by atoms with van der Waals surface area (Å²) in [6, 6.07) is 1.95. The molecular formula is C14H22N4O. The molecule has 0 atom stereocenters. The molecule has 0 bridgehead atoms. The number of aromatic nitrogens is 1. The normalized spacial score (nSPS) is 18.9. The van der Waals surface area contributed by atoms with E-state index in [4.69, 9.17) is 5.84 Å². The highest BCUT2D eigenvalue weighted by molar-refractivity contribution is 5.99. The van der Waals surface area contributed by atoms with E-state index < -0.39 is 0 Å². The van der Waals surface area contributed by atoms with Crippen molar-refractivity contribution in [1.82, 2.24) is 10.3 Å². The van der Waals surface area contributed by atoms with Crippen LogP contribution in [0.15, 0.2) is 18.5 Å². The topological polar surface area (TPSA) is 80.0 Å². The van der Waals surface area contributed by atoms with Gasteiger partial charge in [-0.25, -0.2) is 0 Å². The molecule has 2 rings (SSSR count). The number of anilines is 1. The summed E-state index contributed by atoms with van der Waals surface area (Å²) in [6.07, 6.45) is 7.50. The molecule has 104 valence electrons. The average Bonchev–Trinajstić information content (AvgIpc) is 2.41. The maximum absolute atomic E-state index is 12.2. The van der Waals surface area contributed by atoms with Gasteiger partial charge in [0.05, 0.1) is 11.3 Å². The molecule has 0 aromatic carbocycles. The number of nitrogens with one attached hydrogen (secondary N) is 2. The third-order valence-corrected chi connectivity index (χ3v) is 3.90. The van der Waals surface area contributed by atoms with Crippen LogP contribution in [0.3, 0.4) is 0 Å². The van der Waals surface area contributed by atoms with Crippen LogP contribution in [0.5, 0.6) is 0 Å². The molecule has 4 N–H and O–H groups in total. The second-order valence-corrected chi connectivity index (χ2v) is 5.98. The van der Waals surface area contributed by atoms with Gasteiger partial charge in [-0.15, -0.1) is 0 Å². The number of hydrogen-bond acceptors (Lipinski definition) is 4. The molecule has 1 heterocycles. The zero-order valence-corrected chi connectivity index (χ0v) is 11.6. The Kier molecular flexibility index (Phi) is 4.04. The summed E-state index contributed by atoms with van der Waals surface area (Å²) < 4.78 is 0. The van der Waals surface area contributed by atoms with E-state index in [2.05, 4.69) is 29.6 Å². The fourth-order valence-corrected chi connectivity index (χ4v) is 2.51. The number of rotatable bonds is 3. The Balaban J connectivity index is 1.98. The summed E-state index contributed by atoms with van der Waals surface area (Å²) in [4.78, 5) is 16.2. The van der Waals surface area contributed by atoms with E-state index in [0.717, 1.165) is 25.7 Å². The van der Waals surface area contributed by atoms with Gasteiger partial charge in [-0.1, -0.05) is 13.8 Å². The molecule has 19 heavy (non-hydrogen) atoms. The highest BCUT2D eigenvalue weighted by atomic mass is 16.1. The molecule has 0 aliphatic heterocycles. The number of nitrogen functional groups attached to an aromatic ring is 1. The first kappa shape index (κ1) is 13.8. The molecule has 5 nitrogen and oxygen atoms in total. The van der Waals surface area contributed by atoms with Crippen molar-refractivity contribution >= 4 is 11.6 Å². The number of amides is 1. The highest BCUT2D eigenvalue weighted by Crippen LogP contribution is 2.35. The second kappa shape index (κ2) is 5.57. The predicted molar refractivity (Wildman–Crippen MR) is 75.6 cm³/mol. The van der Waals surface area contributed by atoms with Crippen molar-refractivity contribution < 1.29 is 4.79 Å². The van der Waals surface area contributed by atoms with Crippen LogP contribution in [0, 0.1) is 5.41 Å². The minimum Gasteiger partial charge on any atom is -0.349 e. The van der Waals surface area contributed by atoms with E-state index in [1.165, 1.54) is 6.20 Å². The van der Waals surface area contributed by atoms with Crippen molar-refractivity contribution in [3.05, 3.63) is 24.0 Å². The van der Waals surface area contributed by atoms with Crippen LogP contribution in [-0.2, 0) is 0 Å². The number of nitrogens with zero attached hydrogens (tertiary/aromatic N) is 1. The molecule has 0 radical (unpaired) electrons. The summed E-state index contributed by atoms with van der Waals surface area (Å²) in [5.41, 5.74) is 4.02. The lowest BCUT2D eigenvalue weighted by molar-refractivity contribution is 0.0909.